The Labute approximate surface area is 150 Å². The summed E-state index contributed by atoms with van der Waals surface area (Å²) in [5.74, 6) is 2.16. The number of nitrogens with one attached hydrogen (secondary N) is 1. The SMILES string of the molecule is CN=C(NCC1(C2CC2)CCC1)N1CCN(C(C)=O)CC1.I. The fourth-order valence-corrected chi connectivity index (χ4v) is 3.88. The number of hydrogen-bond donors (Lipinski definition) is 1. The molecule has 2 saturated carbocycles. The number of carbonyl (C=O) groups is 1. The highest BCUT2D eigenvalue weighted by Crippen LogP contribution is 2.56. The van der Waals surface area contributed by atoms with Crippen LogP contribution < -0.4 is 5.32 Å². The number of amides is 1. The van der Waals surface area contributed by atoms with Crippen LogP contribution in [0.2, 0.25) is 0 Å². The van der Waals surface area contributed by atoms with Gasteiger partial charge in [0.2, 0.25) is 5.91 Å². The quantitative estimate of drug-likeness (QED) is 0.431. The Morgan fingerprint density at radius 1 is 1.18 bits per heavy atom. The molecule has 0 aromatic heterocycles. The Balaban J connectivity index is 0.00000176. The van der Waals surface area contributed by atoms with Crippen LogP contribution in [-0.2, 0) is 4.79 Å². The van der Waals surface area contributed by atoms with Gasteiger partial charge in [0.05, 0.1) is 0 Å². The van der Waals surface area contributed by atoms with Gasteiger partial charge in [-0.3, -0.25) is 9.79 Å². The molecule has 6 heteroatoms. The van der Waals surface area contributed by atoms with Crippen LogP contribution in [0.15, 0.2) is 4.99 Å². The van der Waals surface area contributed by atoms with Gasteiger partial charge in [-0.1, -0.05) is 6.42 Å². The third kappa shape index (κ3) is 3.68. The van der Waals surface area contributed by atoms with E-state index in [1.54, 1.807) is 6.92 Å². The molecule has 3 rings (SSSR count). The normalized spacial score (nSPS) is 24.4. The average molecular weight is 420 g/mol. The molecule has 0 radical (unpaired) electrons. The molecule has 5 nitrogen and oxygen atoms in total. The largest absolute Gasteiger partial charge is 0.356 e. The van der Waals surface area contributed by atoms with Crippen molar-refractivity contribution < 1.29 is 4.79 Å². The van der Waals surface area contributed by atoms with Gasteiger partial charge in [0.25, 0.3) is 0 Å². The van der Waals surface area contributed by atoms with Gasteiger partial charge >= 0.3 is 0 Å². The van der Waals surface area contributed by atoms with Crippen LogP contribution in [0.4, 0.5) is 0 Å². The van der Waals surface area contributed by atoms with Crippen molar-refractivity contribution in [3.05, 3.63) is 0 Å². The molecule has 0 atom stereocenters. The monoisotopic (exact) mass is 420 g/mol. The van der Waals surface area contributed by atoms with Gasteiger partial charge in [0.15, 0.2) is 5.96 Å². The number of hydrogen-bond acceptors (Lipinski definition) is 2. The number of aliphatic imine (C=N–C) groups is 1. The maximum atomic E-state index is 11.4. The van der Waals surface area contributed by atoms with E-state index in [0.29, 0.717) is 5.41 Å². The van der Waals surface area contributed by atoms with E-state index in [0.717, 1.165) is 44.6 Å². The van der Waals surface area contributed by atoms with Crippen LogP contribution in [0.25, 0.3) is 0 Å². The number of piperazine rings is 1. The molecule has 3 aliphatic rings. The molecule has 2 aliphatic carbocycles. The number of halogens is 1. The molecule has 126 valence electrons. The lowest BCUT2D eigenvalue weighted by molar-refractivity contribution is -0.130. The Hall–Kier alpha value is -0.530. The number of carbonyl (C=O) groups excluding carboxylic acids is 1. The smallest absolute Gasteiger partial charge is 0.219 e. The first-order chi connectivity index (χ1) is 10.1. The molecule has 3 fully saturated rings. The van der Waals surface area contributed by atoms with E-state index in [9.17, 15) is 4.79 Å². The first-order valence-corrected chi connectivity index (χ1v) is 8.36. The van der Waals surface area contributed by atoms with E-state index in [-0.39, 0.29) is 29.9 Å². The third-order valence-corrected chi connectivity index (χ3v) is 5.63. The zero-order valence-electron chi connectivity index (χ0n) is 13.8. The van der Waals surface area contributed by atoms with Gasteiger partial charge in [0, 0.05) is 46.7 Å². The zero-order chi connectivity index (χ0) is 14.9. The Morgan fingerprint density at radius 2 is 1.77 bits per heavy atom. The lowest BCUT2D eigenvalue weighted by Crippen LogP contribution is -2.55. The number of rotatable bonds is 3. The van der Waals surface area contributed by atoms with E-state index in [2.05, 4.69) is 15.2 Å². The summed E-state index contributed by atoms with van der Waals surface area (Å²) in [5, 5.41) is 3.62. The zero-order valence-corrected chi connectivity index (χ0v) is 16.1. The minimum atomic E-state index is 0. The molecule has 0 bridgehead atoms. The van der Waals surface area contributed by atoms with E-state index in [4.69, 9.17) is 0 Å². The predicted molar refractivity (Wildman–Crippen MR) is 99.6 cm³/mol. The van der Waals surface area contributed by atoms with Crippen LogP contribution in [0, 0.1) is 11.3 Å². The molecule has 0 aromatic carbocycles. The van der Waals surface area contributed by atoms with Crippen molar-refractivity contribution in [1.82, 2.24) is 15.1 Å². The second-order valence-corrected chi connectivity index (χ2v) is 6.88. The van der Waals surface area contributed by atoms with Crippen LogP contribution in [0.3, 0.4) is 0 Å². The lowest BCUT2D eigenvalue weighted by Gasteiger charge is -2.44. The lowest BCUT2D eigenvalue weighted by atomic mass is 9.65. The third-order valence-electron chi connectivity index (χ3n) is 5.63. The van der Waals surface area contributed by atoms with Crippen molar-refractivity contribution in [2.75, 3.05) is 39.8 Å². The Morgan fingerprint density at radius 3 is 2.18 bits per heavy atom. The van der Waals surface area contributed by atoms with E-state index in [1.165, 1.54) is 32.1 Å². The van der Waals surface area contributed by atoms with Gasteiger partial charge < -0.3 is 15.1 Å². The standard InChI is InChI=1S/C16H28N4O.HI/c1-13(21)19-8-10-20(11-9-19)15(17-2)18-12-16(6-3-7-16)14-4-5-14;/h14H,3-12H2,1-2H3,(H,17,18);1H. The highest BCUT2D eigenvalue weighted by Gasteiger charge is 2.48. The molecule has 22 heavy (non-hydrogen) atoms. The summed E-state index contributed by atoms with van der Waals surface area (Å²) in [7, 11) is 1.87. The van der Waals surface area contributed by atoms with Crippen molar-refractivity contribution in [1.29, 1.82) is 0 Å². The highest BCUT2D eigenvalue weighted by atomic mass is 127. The molecule has 0 spiro atoms. The van der Waals surface area contributed by atoms with Crippen molar-refractivity contribution >= 4 is 35.8 Å². The summed E-state index contributed by atoms with van der Waals surface area (Å²) in [6.07, 6.45) is 7.03. The van der Waals surface area contributed by atoms with Gasteiger partial charge in [-0.2, -0.15) is 0 Å². The molecular weight excluding hydrogens is 391 g/mol. The topological polar surface area (TPSA) is 47.9 Å². The Bertz CT molecular complexity index is 424. The Kier molecular flexibility index (Phi) is 5.96. The summed E-state index contributed by atoms with van der Waals surface area (Å²) in [4.78, 5) is 20.1. The maximum absolute atomic E-state index is 11.4. The van der Waals surface area contributed by atoms with Crippen LogP contribution in [0.5, 0.6) is 0 Å². The minimum absolute atomic E-state index is 0. The van der Waals surface area contributed by atoms with Crippen molar-refractivity contribution in [2.24, 2.45) is 16.3 Å². The average Bonchev–Trinajstić information content (AvgIpc) is 3.27. The van der Waals surface area contributed by atoms with Gasteiger partial charge in [-0.25, -0.2) is 0 Å². The van der Waals surface area contributed by atoms with E-state index >= 15 is 0 Å². The van der Waals surface area contributed by atoms with Crippen LogP contribution in [-0.4, -0.2) is 61.4 Å². The highest BCUT2D eigenvalue weighted by molar-refractivity contribution is 14.0. The van der Waals surface area contributed by atoms with Crippen molar-refractivity contribution in [3.8, 4) is 0 Å². The van der Waals surface area contributed by atoms with E-state index < -0.39 is 0 Å². The summed E-state index contributed by atoms with van der Waals surface area (Å²) in [6.45, 7) is 6.12. The first kappa shape index (κ1) is 17.8. The van der Waals surface area contributed by atoms with Gasteiger partial charge in [-0.05, 0) is 37.0 Å². The van der Waals surface area contributed by atoms with Crippen LogP contribution in [0.1, 0.15) is 39.0 Å². The molecule has 0 unspecified atom stereocenters. The van der Waals surface area contributed by atoms with E-state index in [1.807, 2.05) is 11.9 Å². The van der Waals surface area contributed by atoms with Crippen molar-refractivity contribution in [2.45, 2.75) is 39.0 Å². The maximum Gasteiger partial charge on any atom is 0.219 e. The molecule has 1 saturated heterocycles. The molecule has 0 aromatic rings. The molecule has 1 aliphatic heterocycles. The summed E-state index contributed by atoms with van der Waals surface area (Å²) < 4.78 is 0. The second kappa shape index (κ2) is 7.36. The number of nitrogens with zero attached hydrogens (tertiary/aromatic N) is 3. The predicted octanol–water partition coefficient (Wildman–Crippen LogP) is 1.92. The van der Waals surface area contributed by atoms with Crippen molar-refractivity contribution in [3.63, 3.8) is 0 Å². The number of guanidine groups is 1. The molecule has 1 heterocycles. The summed E-state index contributed by atoms with van der Waals surface area (Å²) in [6, 6.07) is 0. The summed E-state index contributed by atoms with van der Waals surface area (Å²) in [5.41, 5.74) is 0.567. The molecule has 1 N–H and O–H groups in total. The fourth-order valence-electron chi connectivity index (χ4n) is 3.88. The van der Waals surface area contributed by atoms with Crippen LogP contribution >= 0.6 is 24.0 Å². The fraction of sp³-hybridized carbons (Fsp3) is 0.875. The van der Waals surface area contributed by atoms with Gasteiger partial charge in [0.1, 0.15) is 0 Å². The molecule has 1 amide bonds. The summed E-state index contributed by atoms with van der Waals surface area (Å²) >= 11 is 0. The molecular formula is C16H29IN4O. The minimum Gasteiger partial charge on any atom is -0.356 e. The first-order valence-electron chi connectivity index (χ1n) is 8.36. The van der Waals surface area contributed by atoms with Gasteiger partial charge in [-0.15, -0.1) is 24.0 Å². The second-order valence-electron chi connectivity index (χ2n) is 6.88.